The smallest absolute Gasteiger partial charge is 0.140 e. The summed E-state index contributed by atoms with van der Waals surface area (Å²) in [5.74, 6) is 1.29. The van der Waals surface area contributed by atoms with Gasteiger partial charge in [-0.15, -0.1) is 12.4 Å². The fraction of sp³-hybridized carbons (Fsp3) is 0.600. The number of halogens is 1. The molecule has 1 aromatic carbocycles. The van der Waals surface area contributed by atoms with E-state index in [1.165, 1.54) is 0 Å². The Morgan fingerprint density at radius 2 is 2.05 bits per heavy atom. The molecule has 0 bridgehead atoms. The van der Waals surface area contributed by atoms with Gasteiger partial charge in [0.05, 0.1) is 0 Å². The van der Waals surface area contributed by atoms with Gasteiger partial charge < -0.3 is 15.2 Å². The first-order valence-electron chi connectivity index (χ1n) is 6.75. The Hall–Kier alpha value is -0.770. The third kappa shape index (κ3) is 4.37. The van der Waals surface area contributed by atoms with E-state index in [4.69, 9.17) is 4.74 Å². The monoisotopic (exact) mass is 285 g/mol. The Bertz CT molecular complexity index is 372. The molecular formula is C15H24ClNO2. The summed E-state index contributed by atoms with van der Waals surface area (Å²) in [6, 6.07) is 9.74. The number of ether oxygens (including phenoxy) is 1. The van der Waals surface area contributed by atoms with Crippen molar-refractivity contribution in [2.45, 2.75) is 38.4 Å². The van der Waals surface area contributed by atoms with Gasteiger partial charge in [-0.05, 0) is 37.4 Å². The van der Waals surface area contributed by atoms with Crippen LogP contribution in [0.2, 0.25) is 0 Å². The first-order valence-corrected chi connectivity index (χ1v) is 6.75. The van der Waals surface area contributed by atoms with Crippen molar-refractivity contribution in [2.24, 2.45) is 5.92 Å². The van der Waals surface area contributed by atoms with Gasteiger partial charge in [-0.3, -0.25) is 0 Å². The fourth-order valence-corrected chi connectivity index (χ4v) is 2.64. The first-order chi connectivity index (χ1) is 8.60. The topological polar surface area (TPSA) is 41.5 Å². The fourth-order valence-electron chi connectivity index (χ4n) is 2.64. The number of benzene rings is 1. The largest absolute Gasteiger partial charge is 0.486 e. The van der Waals surface area contributed by atoms with Gasteiger partial charge in [0.2, 0.25) is 0 Å². The molecule has 0 aliphatic carbocycles. The van der Waals surface area contributed by atoms with Crippen molar-refractivity contribution >= 4 is 12.4 Å². The summed E-state index contributed by atoms with van der Waals surface area (Å²) in [6.45, 7) is 5.84. The molecule has 0 radical (unpaired) electrons. The van der Waals surface area contributed by atoms with E-state index >= 15 is 0 Å². The lowest BCUT2D eigenvalue weighted by molar-refractivity contribution is -0.0916. The van der Waals surface area contributed by atoms with E-state index in [1.807, 2.05) is 30.3 Å². The predicted molar refractivity (Wildman–Crippen MR) is 80.0 cm³/mol. The second kappa shape index (κ2) is 7.13. The van der Waals surface area contributed by atoms with Crippen LogP contribution in [0.1, 0.15) is 26.7 Å². The molecule has 1 saturated heterocycles. The maximum absolute atomic E-state index is 10.8. The van der Waals surface area contributed by atoms with E-state index in [1.54, 1.807) is 0 Å². The molecule has 1 aliphatic rings. The molecule has 2 atom stereocenters. The molecule has 1 heterocycles. The lowest BCUT2D eigenvalue weighted by Crippen LogP contribution is -2.57. The summed E-state index contributed by atoms with van der Waals surface area (Å²) < 4.78 is 5.96. The second-order valence-electron chi connectivity index (χ2n) is 5.58. The molecule has 0 aromatic heterocycles. The van der Waals surface area contributed by atoms with Gasteiger partial charge in [0.25, 0.3) is 0 Å². The second-order valence-corrected chi connectivity index (χ2v) is 5.58. The van der Waals surface area contributed by atoms with Crippen LogP contribution < -0.4 is 10.1 Å². The van der Waals surface area contributed by atoms with Gasteiger partial charge in [-0.2, -0.15) is 0 Å². The van der Waals surface area contributed by atoms with E-state index < -0.39 is 5.60 Å². The number of hydrogen-bond donors (Lipinski definition) is 2. The Morgan fingerprint density at radius 3 is 2.68 bits per heavy atom. The molecular weight excluding hydrogens is 262 g/mol. The number of nitrogens with one attached hydrogen (secondary N) is 1. The molecule has 0 saturated carbocycles. The SMILES string of the molecule is CC(C)C[C@]1(O)CCNC[C@@H]1Oc1ccccc1.Cl. The van der Waals surface area contributed by atoms with Crippen LogP contribution in [0, 0.1) is 5.92 Å². The molecule has 108 valence electrons. The van der Waals surface area contributed by atoms with Gasteiger partial charge in [0.1, 0.15) is 17.5 Å². The summed E-state index contributed by atoms with van der Waals surface area (Å²) in [5.41, 5.74) is -0.713. The third-order valence-electron chi connectivity index (χ3n) is 3.45. The lowest BCUT2D eigenvalue weighted by Gasteiger charge is -2.41. The van der Waals surface area contributed by atoms with E-state index in [0.29, 0.717) is 12.5 Å². The number of aliphatic hydroxyl groups is 1. The highest BCUT2D eigenvalue weighted by atomic mass is 35.5. The molecule has 1 aliphatic heterocycles. The van der Waals surface area contributed by atoms with E-state index in [0.717, 1.165) is 25.1 Å². The van der Waals surface area contributed by atoms with Gasteiger partial charge in [0.15, 0.2) is 0 Å². The number of hydrogen-bond acceptors (Lipinski definition) is 3. The van der Waals surface area contributed by atoms with E-state index in [-0.39, 0.29) is 18.5 Å². The Labute approximate surface area is 121 Å². The van der Waals surface area contributed by atoms with Crippen molar-refractivity contribution in [1.29, 1.82) is 0 Å². The van der Waals surface area contributed by atoms with Crippen molar-refractivity contribution < 1.29 is 9.84 Å². The highest BCUT2D eigenvalue weighted by Crippen LogP contribution is 2.29. The summed E-state index contributed by atoms with van der Waals surface area (Å²) in [4.78, 5) is 0. The zero-order valence-corrected chi connectivity index (χ0v) is 12.5. The predicted octanol–water partition coefficient (Wildman–Crippen LogP) is 2.63. The summed E-state index contributed by atoms with van der Waals surface area (Å²) in [5, 5.41) is 14.1. The average molecular weight is 286 g/mol. The van der Waals surface area contributed by atoms with Gasteiger partial charge in [0, 0.05) is 6.54 Å². The molecule has 4 heteroatoms. The van der Waals surface area contributed by atoms with Gasteiger partial charge >= 0.3 is 0 Å². The highest BCUT2D eigenvalue weighted by Gasteiger charge is 2.41. The van der Waals surface area contributed by atoms with Crippen LogP contribution in [0.15, 0.2) is 30.3 Å². The minimum atomic E-state index is -0.713. The average Bonchev–Trinajstić information content (AvgIpc) is 2.32. The molecule has 0 amide bonds. The maximum atomic E-state index is 10.8. The van der Waals surface area contributed by atoms with Gasteiger partial charge in [-0.25, -0.2) is 0 Å². The lowest BCUT2D eigenvalue weighted by atomic mass is 9.82. The normalized spacial score (nSPS) is 26.8. The van der Waals surface area contributed by atoms with Crippen LogP contribution in [-0.2, 0) is 0 Å². The highest BCUT2D eigenvalue weighted by molar-refractivity contribution is 5.85. The molecule has 1 aromatic rings. The van der Waals surface area contributed by atoms with Crippen molar-refractivity contribution in [3.8, 4) is 5.75 Å². The number of piperidine rings is 1. The van der Waals surface area contributed by atoms with Gasteiger partial charge in [-0.1, -0.05) is 32.0 Å². The van der Waals surface area contributed by atoms with Crippen molar-refractivity contribution in [3.63, 3.8) is 0 Å². The quantitative estimate of drug-likeness (QED) is 0.894. The number of rotatable bonds is 4. The van der Waals surface area contributed by atoms with Crippen molar-refractivity contribution in [3.05, 3.63) is 30.3 Å². The molecule has 3 nitrogen and oxygen atoms in total. The van der Waals surface area contributed by atoms with Crippen LogP contribution in [0.25, 0.3) is 0 Å². The maximum Gasteiger partial charge on any atom is 0.140 e. The molecule has 2 N–H and O–H groups in total. The Balaban J connectivity index is 0.00000180. The number of para-hydroxylation sites is 1. The van der Waals surface area contributed by atoms with Crippen LogP contribution in [0.4, 0.5) is 0 Å². The van der Waals surface area contributed by atoms with E-state index in [9.17, 15) is 5.11 Å². The third-order valence-corrected chi connectivity index (χ3v) is 3.45. The zero-order valence-electron chi connectivity index (χ0n) is 11.6. The first kappa shape index (κ1) is 16.3. The molecule has 1 fully saturated rings. The van der Waals surface area contributed by atoms with Crippen molar-refractivity contribution in [1.82, 2.24) is 5.32 Å². The van der Waals surface area contributed by atoms with Crippen LogP contribution >= 0.6 is 12.4 Å². The van der Waals surface area contributed by atoms with Crippen molar-refractivity contribution in [2.75, 3.05) is 13.1 Å². The minimum Gasteiger partial charge on any atom is -0.486 e. The van der Waals surface area contributed by atoms with Crippen LogP contribution in [0.3, 0.4) is 0 Å². The Kier molecular flexibility index (Phi) is 6.11. The molecule has 0 spiro atoms. The summed E-state index contributed by atoms with van der Waals surface area (Å²) >= 11 is 0. The Morgan fingerprint density at radius 1 is 1.37 bits per heavy atom. The van der Waals surface area contributed by atoms with Crippen LogP contribution in [0.5, 0.6) is 5.75 Å². The standard InChI is InChI=1S/C15H23NO2.ClH/c1-12(2)10-15(17)8-9-16-11-14(15)18-13-6-4-3-5-7-13;/h3-7,12,14,16-17H,8-11H2,1-2H3;1H/t14-,15+;/m0./s1. The zero-order chi connectivity index (χ0) is 13.0. The molecule has 19 heavy (non-hydrogen) atoms. The molecule has 0 unspecified atom stereocenters. The summed E-state index contributed by atoms with van der Waals surface area (Å²) in [6.07, 6.45) is 1.37. The molecule has 2 rings (SSSR count). The van der Waals surface area contributed by atoms with E-state index in [2.05, 4.69) is 19.2 Å². The summed E-state index contributed by atoms with van der Waals surface area (Å²) in [7, 11) is 0. The minimum absolute atomic E-state index is 0. The van der Waals surface area contributed by atoms with Crippen LogP contribution in [-0.4, -0.2) is 29.9 Å².